The van der Waals surface area contributed by atoms with E-state index >= 15 is 0 Å². The molecule has 2 aromatic carbocycles. The fourth-order valence-corrected chi connectivity index (χ4v) is 3.95. The molecule has 172 valence electrons. The van der Waals surface area contributed by atoms with E-state index in [1.54, 1.807) is 18.2 Å². The Balaban J connectivity index is 1.80. The first kappa shape index (κ1) is 22.6. The minimum absolute atomic E-state index is 0.117. The molecular weight excluding hydrogens is 427 g/mol. The molecular formula is C24H25FN4O4. The molecule has 2 heterocycles. The average molecular weight is 452 g/mol. The molecule has 1 atom stereocenters. The second-order valence-corrected chi connectivity index (χ2v) is 8.26. The van der Waals surface area contributed by atoms with Crippen LogP contribution in [0.3, 0.4) is 0 Å². The summed E-state index contributed by atoms with van der Waals surface area (Å²) in [5, 5.41) is 6.82. The van der Waals surface area contributed by atoms with Crippen LogP contribution in [0.4, 0.5) is 4.39 Å². The molecule has 1 aromatic heterocycles. The van der Waals surface area contributed by atoms with Crippen molar-refractivity contribution >= 4 is 5.91 Å². The van der Waals surface area contributed by atoms with E-state index in [-0.39, 0.29) is 19.2 Å². The molecule has 4 rings (SSSR count). The van der Waals surface area contributed by atoms with Gasteiger partial charge in [-0.25, -0.2) is 9.18 Å². The van der Waals surface area contributed by atoms with Gasteiger partial charge in [-0.3, -0.25) is 14.2 Å². The third-order valence-electron chi connectivity index (χ3n) is 5.47. The standard InChI is InChI=1S/C24H25FN4O4/c1-15-9-16(2)11-19(10-15)29-24(32)28(14-17-5-3-6-18(25)12-17)23(31)21(27-29)22(30)26-13-20-7-4-8-33-20/h3,5-6,9-12,20H,4,7-8,13-14H2,1-2H3,(H,26,30). The summed E-state index contributed by atoms with van der Waals surface area (Å²) in [6.45, 7) is 4.43. The predicted octanol–water partition coefficient (Wildman–Crippen LogP) is 2.11. The molecule has 3 aromatic rings. The summed E-state index contributed by atoms with van der Waals surface area (Å²) < 4.78 is 21.2. The average Bonchev–Trinajstić information content (AvgIpc) is 3.28. The van der Waals surface area contributed by atoms with Gasteiger partial charge >= 0.3 is 5.69 Å². The van der Waals surface area contributed by atoms with Gasteiger partial charge in [-0.15, -0.1) is 0 Å². The van der Waals surface area contributed by atoms with Crippen molar-refractivity contribution in [1.29, 1.82) is 0 Å². The van der Waals surface area contributed by atoms with Gasteiger partial charge in [0.05, 0.1) is 18.3 Å². The number of benzene rings is 2. The highest BCUT2D eigenvalue weighted by atomic mass is 19.1. The summed E-state index contributed by atoms with van der Waals surface area (Å²) in [6.07, 6.45) is 1.62. The van der Waals surface area contributed by atoms with Gasteiger partial charge in [-0.05, 0) is 67.6 Å². The van der Waals surface area contributed by atoms with Crippen molar-refractivity contribution < 1.29 is 13.9 Å². The Labute approximate surface area is 189 Å². The van der Waals surface area contributed by atoms with E-state index in [0.29, 0.717) is 17.9 Å². The topological polar surface area (TPSA) is 95.2 Å². The number of nitrogens with zero attached hydrogens (tertiary/aromatic N) is 3. The lowest BCUT2D eigenvalue weighted by Crippen LogP contribution is -2.46. The highest BCUT2D eigenvalue weighted by Gasteiger charge is 2.23. The summed E-state index contributed by atoms with van der Waals surface area (Å²) >= 11 is 0. The van der Waals surface area contributed by atoms with Gasteiger partial charge in [0.25, 0.3) is 11.5 Å². The van der Waals surface area contributed by atoms with Crippen LogP contribution in [-0.4, -0.2) is 39.5 Å². The van der Waals surface area contributed by atoms with Crippen LogP contribution in [0.1, 0.15) is 40.0 Å². The Bertz CT molecular complexity index is 1290. The van der Waals surface area contributed by atoms with Crippen molar-refractivity contribution in [2.75, 3.05) is 13.2 Å². The summed E-state index contributed by atoms with van der Waals surface area (Å²) in [4.78, 5) is 39.3. The number of halogens is 1. The van der Waals surface area contributed by atoms with Crippen LogP contribution in [0.25, 0.3) is 5.69 Å². The maximum absolute atomic E-state index is 13.7. The second kappa shape index (κ2) is 9.50. The molecule has 1 amide bonds. The van der Waals surface area contributed by atoms with Crippen LogP contribution < -0.4 is 16.6 Å². The third-order valence-corrected chi connectivity index (χ3v) is 5.47. The lowest BCUT2D eigenvalue weighted by Gasteiger charge is -2.14. The normalized spacial score (nSPS) is 15.5. The Hall–Kier alpha value is -3.59. The van der Waals surface area contributed by atoms with Crippen molar-refractivity contribution in [3.63, 3.8) is 0 Å². The van der Waals surface area contributed by atoms with E-state index < -0.39 is 28.7 Å². The number of ether oxygens (including phenoxy) is 1. The van der Waals surface area contributed by atoms with Gasteiger partial charge in [-0.2, -0.15) is 9.78 Å². The summed E-state index contributed by atoms with van der Waals surface area (Å²) in [5.74, 6) is -1.18. The molecule has 1 N–H and O–H groups in total. The maximum Gasteiger partial charge on any atom is 0.352 e. The van der Waals surface area contributed by atoms with Gasteiger partial charge in [0.15, 0.2) is 0 Å². The number of rotatable bonds is 6. The van der Waals surface area contributed by atoms with Crippen molar-refractivity contribution in [2.24, 2.45) is 0 Å². The molecule has 8 nitrogen and oxygen atoms in total. The molecule has 0 saturated carbocycles. The van der Waals surface area contributed by atoms with E-state index in [4.69, 9.17) is 4.74 Å². The first-order chi connectivity index (χ1) is 15.8. The predicted molar refractivity (Wildman–Crippen MR) is 120 cm³/mol. The minimum Gasteiger partial charge on any atom is -0.376 e. The van der Waals surface area contributed by atoms with Gasteiger partial charge in [0, 0.05) is 13.2 Å². The second-order valence-electron chi connectivity index (χ2n) is 8.26. The van der Waals surface area contributed by atoms with Crippen molar-refractivity contribution in [3.05, 3.63) is 91.5 Å². The van der Waals surface area contributed by atoms with E-state index in [0.717, 1.165) is 33.2 Å². The molecule has 1 fully saturated rings. The SMILES string of the molecule is Cc1cc(C)cc(-n2nc(C(=O)NCC3CCCO3)c(=O)n(Cc3cccc(F)c3)c2=O)c1. The largest absolute Gasteiger partial charge is 0.376 e. The number of amides is 1. The zero-order valence-corrected chi connectivity index (χ0v) is 18.5. The Morgan fingerprint density at radius 2 is 1.94 bits per heavy atom. The minimum atomic E-state index is -0.838. The molecule has 1 unspecified atom stereocenters. The fraction of sp³-hybridized carbons (Fsp3) is 0.333. The number of carbonyl (C=O) groups is 1. The maximum atomic E-state index is 13.7. The number of hydrogen-bond donors (Lipinski definition) is 1. The molecule has 0 radical (unpaired) electrons. The third kappa shape index (κ3) is 5.09. The first-order valence-corrected chi connectivity index (χ1v) is 10.8. The highest BCUT2D eigenvalue weighted by molar-refractivity contribution is 5.91. The Kier molecular flexibility index (Phi) is 6.50. The number of carbonyl (C=O) groups excluding carboxylic acids is 1. The molecule has 0 bridgehead atoms. The fourth-order valence-electron chi connectivity index (χ4n) is 3.95. The smallest absolute Gasteiger partial charge is 0.352 e. The summed E-state index contributed by atoms with van der Waals surface area (Å²) in [7, 11) is 0. The quantitative estimate of drug-likeness (QED) is 0.618. The van der Waals surface area contributed by atoms with E-state index in [1.165, 1.54) is 18.2 Å². The van der Waals surface area contributed by atoms with Crippen LogP contribution in [-0.2, 0) is 11.3 Å². The van der Waals surface area contributed by atoms with Crippen molar-refractivity contribution in [3.8, 4) is 5.69 Å². The number of aromatic nitrogens is 3. The molecule has 0 spiro atoms. The molecule has 1 aliphatic heterocycles. The monoisotopic (exact) mass is 452 g/mol. The number of nitrogens with one attached hydrogen (secondary N) is 1. The van der Waals surface area contributed by atoms with Crippen LogP contribution in [0, 0.1) is 19.7 Å². The van der Waals surface area contributed by atoms with Gasteiger partial charge in [0.1, 0.15) is 5.82 Å². The van der Waals surface area contributed by atoms with Crippen LogP contribution in [0.15, 0.2) is 52.1 Å². The lowest BCUT2D eigenvalue weighted by atomic mass is 10.1. The van der Waals surface area contributed by atoms with Gasteiger partial charge in [0.2, 0.25) is 5.69 Å². The zero-order chi connectivity index (χ0) is 23.5. The van der Waals surface area contributed by atoms with E-state index in [1.807, 2.05) is 19.9 Å². The first-order valence-electron chi connectivity index (χ1n) is 10.8. The van der Waals surface area contributed by atoms with Crippen LogP contribution in [0.2, 0.25) is 0 Å². The molecule has 1 saturated heterocycles. The summed E-state index contributed by atoms with van der Waals surface area (Å²) in [5.41, 5.74) is 0.663. The van der Waals surface area contributed by atoms with Crippen molar-refractivity contribution in [1.82, 2.24) is 19.7 Å². The van der Waals surface area contributed by atoms with Gasteiger partial charge < -0.3 is 10.1 Å². The number of hydrogen-bond acceptors (Lipinski definition) is 5. The highest BCUT2D eigenvalue weighted by Crippen LogP contribution is 2.12. The number of aryl methyl sites for hydroxylation is 2. The summed E-state index contributed by atoms with van der Waals surface area (Å²) in [6, 6.07) is 11.0. The van der Waals surface area contributed by atoms with Gasteiger partial charge in [-0.1, -0.05) is 18.2 Å². The molecule has 33 heavy (non-hydrogen) atoms. The Morgan fingerprint density at radius 3 is 2.61 bits per heavy atom. The van der Waals surface area contributed by atoms with Crippen LogP contribution >= 0.6 is 0 Å². The zero-order valence-electron chi connectivity index (χ0n) is 18.5. The lowest BCUT2D eigenvalue weighted by molar-refractivity contribution is 0.0849. The Morgan fingerprint density at radius 1 is 1.18 bits per heavy atom. The molecule has 1 aliphatic rings. The molecule has 9 heteroatoms. The van der Waals surface area contributed by atoms with Crippen molar-refractivity contribution in [2.45, 2.75) is 39.3 Å². The van der Waals surface area contributed by atoms with Crippen LogP contribution in [0.5, 0.6) is 0 Å². The van der Waals surface area contributed by atoms with E-state index in [2.05, 4.69) is 10.4 Å². The van der Waals surface area contributed by atoms with E-state index in [9.17, 15) is 18.8 Å². The molecule has 0 aliphatic carbocycles.